The maximum absolute atomic E-state index is 12.3. The fraction of sp³-hybridized carbons (Fsp3) is 0.524. The molecule has 1 amide bonds. The van der Waals surface area contributed by atoms with E-state index in [1.165, 1.54) is 0 Å². The fourth-order valence-electron chi connectivity index (χ4n) is 4.29. The lowest BCUT2D eigenvalue weighted by Crippen LogP contribution is -2.50. The number of hydrogen-bond acceptors (Lipinski definition) is 5. The van der Waals surface area contributed by atoms with E-state index in [1.807, 2.05) is 24.3 Å². The highest BCUT2D eigenvalue weighted by Gasteiger charge is 2.32. The van der Waals surface area contributed by atoms with Crippen molar-refractivity contribution in [3.05, 3.63) is 36.9 Å². The number of aromatic nitrogens is 1. The molecule has 0 bridgehead atoms. The molecular formula is C21H28N4O2. The Morgan fingerprint density at radius 2 is 2.07 bits per heavy atom. The van der Waals surface area contributed by atoms with Crippen molar-refractivity contribution in [2.24, 2.45) is 5.92 Å². The number of likely N-dealkylation sites (tertiary alicyclic amines) is 1. The Hall–Kier alpha value is -2.34. The van der Waals surface area contributed by atoms with E-state index in [0.717, 1.165) is 69.0 Å². The molecule has 2 aliphatic heterocycles. The molecule has 4 rings (SSSR count). The van der Waals surface area contributed by atoms with Crippen molar-refractivity contribution in [3.8, 4) is 0 Å². The minimum atomic E-state index is 0.105. The summed E-state index contributed by atoms with van der Waals surface area (Å²) in [5.74, 6) is 0.275. The molecule has 144 valence electrons. The Balaban J connectivity index is 1.33. The molecule has 3 heterocycles. The van der Waals surface area contributed by atoms with Gasteiger partial charge in [0.2, 0.25) is 5.91 Å². The molecule has 1 aromatic carbocycles. The normalized spacial score (nSPS) is 22.1. The molecular weight excluding hydrogens is 340 g/mol. The van der Waals surface area contributed by atoms with Gasteiger partial charge in [-0.05, 0) is 44.4 Å². The highest BCUT2D eigenvalue weighted by Crippen LogP contribution is 2.28. The zero-order valence-electron chi connectivity index (χ0n) is 15.8. The van der Waals surface area contributed by atoms with Crippen LogP contribution in [0.25, 0.3) is 11.1 Å². The Kier molecular flexibility index (Phi) is 5.43. The van der Waals surface area contributed by atoms with Crippen LogP contribution in [0.1, 0.15) is 25.7 Å². The summed E-state index contributed by atoms with van der Waals surface area (Å²) in [6.07, 6.45) is 5.98. The van der Waals surface area contributed by atoms with Gasteiger partial charge in [0.15, 0.2) is 5.58 Å². The monoisotopic (exact) mass is 368 g/mol. The summed E-state index contributed by atoms with van der Waals surface area (Å²) in [4.78, 5) is 21.7. The quantitative estimate of drug-likeness (QED) is 0.823. The van der Waals surface area contributed by atoms with E-state index < -0.39 is 0 Å². The SMILES string of the molecule is C=CCNC(=O)[C@@H]1CCCN(C2CCN(c3nc4ccccc4o3)CC2)C1. The number of nitrogens with one attached hydrogen (secondary N) is 1. The zero-order chi connectivity index (χ0) is 18.6. The van der Waals surface area contributed by atoms with E-state index in [2.05, 4.69) is 26.7 Å². The number of rotatable bonds is 5. The molecule has 2 aliphatic rings. The van der Waals surface area contributed by atoms with E-state index in [4.69, 9.17) is 4.42 Å². The van der Waals surface area contributed by atoms with Crippen molar-refractivity contribution < 1.29 is 9.21 Å². The van der Waals surface area contributed by atoms with Crippen LogP contribution in [-0.4, -0.2) is 54.6 Å². The first-order valence-electron chi connectivity index (χ1n) is 9.98. The van der Waals surface area contributed by atoms with E-state index in [9.17, 15) is 4.79 Å². The van der Waals surface area contributed by atoms with Gasteiger partial charge < -0.3 is 14.6 Å². The van der Waals surface area contributed by atoms with Gasteiger partial charge in [0.05, 0.1) is 5.92 Å². The number of nitrogens with zero attached hydrogens (tertiary/aromatic N) is 3. The largest absolute Gasteiger partial charge is 0.423 e. The minimum absolute atomic E-state index is 0.105. The first kappa shape index (κ1) is 18.0. The van der Waals surface area contributed by atoms with E-state index in [-0.39, 0.29) is 11.8 Å². The minimum Gasteiger partial charge on any atom is -0.423 e. The molecule has 0 unspecified atom stereocenters. The lowest BCUT2D eigenvalue weighted by molar-refractivity contribution is -0.126. The van der Waals surface area contributed by atoms with Gasteiger partial charge >= 0.3 is 0 Å². The summed E-state index contributed by atoms with van der Waals surface area (Å²) in [7, 11) is 0. The lowest BCUT2D eigenvalue weighted by Gasteiger charge is -2.41. The number of carbonyl (C=O) groups is 1. The third kappa shape index (κ3) is 4.00. The van der Waals surface area contributed by atoms with E-state index in [0.29, 0.717) is 12.6 Å². The molecule has 0 radical (unpaired) electrons. The Morgan fingerprint density at radius 1 is 1.26 bits per heavy atom. The Labute approximate surface area is 160 Å². The van der Waals surface area contributed by atoms with E-state index >= 15 is 0 Å². The molecule has 0 saturated carbocycles. The van der Waals surface area contributed by atoms with Crippen molar-refractivity contribution in [1.29, 1.82) is 0 Å². The second-order valence-electron chi connectivity index (χ2n) is 7.55. The molecule has 27 heavy (non-hydrogen) atoms. The van der Waals surface area contributed by atoms with Crippen LogP contribution in [-0.2, 0) is 4.79 Å². The number of oxazole rings is 1. The zero-order valence-corrected chi connectivity index (χ0v) is 15.8. The van der Waals surface area contributed by atoms with Crippen LogP contribution >= 0.6 is 0 Å². The van der Waals surface area contributed by atoms with Crippen molar-refractivity contribution in [3.63, 3.8) is 0 Å². The summed E-state index contributed by atoms with van der Waals surface area (Å²) in [5.41, 5.74) is 1.76. The highest BCUT2D eigenvalue weighted by atomic mass is 16.4. The third-order valence-electron chi connectivity index (χ3n) is 5.78. The average molecular weight is 368 g/mol. The molecule has 1 atom stereocenters. The van der Waals surface area contributed by atoms with Gasteiger partial charge in [-0.3, -0.25) is 9.69 Å². The van der Waals surface area contributed by atoms with Crippen LogP contribution in [0.3, 0.4) is 0 Å². The molecule has 0 spiro atoms. The van der Waals surface area contributed by atoms with Gasteiger partial charge in [0, 0.05) is 32.2 Å². The maximum Gasteiger partial charge on any atom is 0.298 e. The molecule has 0 aliphatic carbocycles. The van der Waals surface area contributed by atoms with Gasteiger partial charge in [-0.25, -0.2) is 0 Å². The van der Waals surface area contributed by atoms with Gasteiger partial charge in [0.1, 0.15) is 5.52 Å². The lowest BCUT2D eigenvalue weighted by atomic mass is 9.93. The maximum atomic E-state index is 12.3. The van der Waals surface area contributed by atoms with Crippen molar-refractivity contribution in [2.45, 2.75) is 31.7 Å². The van der Waals surface area contributed by atoms with Crippen LogP contribution in [0.4, 0.5) is 6.01 Å². The molecule has 1 aromatic heterocycles. The Bertz CT molecular complexity index is 761. The van der Waals surface area contributed by atoms with Gasteiger partial charge in [0.25, 0.3) is 6.01 Å². The first-order valence-corrected chi connectivity index (χ1v) is 9.98. The second-order valence-corrected chi connectivity index (χ2v) is 7.55. The van der Waals surface area contributed by atoms with Gasteiger partial charge in [-0.2, -0.15) is 4.98 Å². The number of hydrogen-bond donors (Lipinski definition) is 1. The molecule has 6 heteroatoms. The number of amides is 1. The van der Waals surface area contributed by atoms with Crippen LogP contribution in [0, 0.1) is 5.92 Å². The van der Waals surface area contributed by atoms with Crippen molar-refractivity contribution in [2.75, 3.05) is 37.6 Å². The summed E-state index contributed by atoms with van der Waals surface area (Å²) in [6.45, 7) is 8.08. The molecule has 2 aromatic rings. The van der Waals surface area contributed by atoms with Crippen molar-refractivity contribution in [1.82, 2.24) is 15.2 Å². The van der Waals surface area contributed by atoms with Crippen LogP contribution in [0.2, 0.25) is 0 Å². The fourth-order valence-corrected chi connectivity index (χ4v) is 4.29. The van der Waals surface area contributed by atoms with Crippen LogP contribution in [0.5, 0.6) is 0 Å². The average Bonchev–Trinajstić information content (AvgIpc) is 3.16. The molecule has 2 fully saturated rings. The summed E-state index contributed by atoms with van der Waals surface area (Å²) in [6, 6.07) is 9.18. The molecule has 1 N–H and O–H groups in total. The van der Waals surface area contributed by atoms with Crippen molar-refractivity contribution >= 4 is 23.0 Å². The number of piperidine rings is 2. The number of para-hydroxylation sites is 2. The predicted octanol–water partition coefficient (Wildman–Crippen LogP) is 2.81. The summed E-state index contributed by atoms with van der Waals surface area (Å²) < 4.78 is 5.91. The topological polar surface area (TPSA) is 61.6 Å². The number of anilines is 1. The standard InChI is InChI=1S/C21H28N4O2/c1-2-11-22-20(26)16-6-5-12-25(15-16)17-9-13-24(14-10-17)21-23-18-7-3-4-8-19(18)27-21/h2-4,7-8,16-17H,1,5-6,9-15H2,(H,22,26)/t16-/m1/s1. The first-order chi connectivity index (χ1) is 13.2. The molecule has 6 nitrogen and oxygen atoms in total. The summed E-state index contributed by atoms with van der Waals surface area (Å²) in [5, 5.41) is 2.95. The van der Waals surface area contributed by atoms with Gasteiger partial charge in [-0.15, -0.1) is 6.58 Å². The van der Waals surface area contributed by atoms with E-state index in [1.54, 1.807) is 6.08 Å². The van der Waals surface area contributed by atoms with Gasteiger partial charge in [-0.1, -0.05) is 18.2 Å². The Morgan fingerprint density at radius 3 is 2.85 bits per heavy atom. The number of benzene rings is 1. The smallest absolute Gasteiger partial charge is 0.298 e. The van der Waals surface area contributed by atoms with Crippen LogP contribution in [0.15, 0.2) is 41.3 Å². The highest BCUT2D eigenvalue weighted by molar-refractivity contribution is 5.79. The van der Waals surface area contributed by atoms with Crippen LogP contribution < -0.4 is 10.2 Å². The third-order valence-corrected chi connectivity index (χ3v) is 5.78. The number of fused-ring (bicyclic) bond motifs is 1. The second kappa shape index (κ2) is 8.13. The predicted molar refractivity (Wildman–Crippen MR) is 107 cm³/mol. The molecule has 2 saturated heterocycles. The summed E-state index contributed by atoms with van der Waals surface area (Å²) >= 11 is 0. The number of carbonyl (C=O) groups excluding carboxylic acids is 1.